The molecule has 0 radical (unpaired) electrons. The standard InChI is InChI=1S/C43H48N2O11S3.3Na.O3S/c1-42(2)34-12-5-6-13-36(34)44(24-8-26-57-56-55-48)38(42)22-18-29-10-7-11-30(40(29)31-14-16-32(17-15-31)41(46)47)19-23-39-43(3,4)35-28-33(59(52,53)54)20-21-37(35)45(39)25-9-27-58(49,50)51;;;;1-4(2)3/h6,12-23,28,48H,7-11,24-27H2,1-4H3,(H,46,47)(H,49,50,51)(H,52,53,54);;;;/q;3*+1;/p-3. The number of benzene rings is 3. The van der Waals surface area contributed by atoms with Crippen LogP contribution in [-0.4, -0.2) is 84.5 Å². The van der Waals surface area contributed by atoms with E-state index in [0.717, 1.165) is 64.1 Å². The van der Waals surface area contributed by atoms with Crippen molar-refractivity contribution in [1.29, 1.82) is 0 Å². The number of anilines is 1. The molecule has 0 fully saturated rings. The quantitative estimate of drug-likeness (QED) is 0.0213. The fourth-order valence-electron chi connectivity index (χ4n) is 8.36. The molecule has 23 heteroatoms. The Labute approximate surface area is 457 Å². The van der Waals surface area contributed by atoms with E-state index in [-0.39, 0.29) is 118 Å². The van der Waals surface area contributed by atoms with E-state index >= 15 is 0 Å². The molecule has 0 spiro atoms. The second-order valence-corrected chi connectivity index (χ2v) is 20.0. The van der Waals surface area contributed by atoms with E-state index in [4.69, 9.17) is 12.6 Å². The maximum Gasteiger partial charge on any atom is 1.00 e. The third-order valence-corrected chi connectivity index (χ3v) is 13.4. The molecule has 66 heavy (non-hydrogen) atoms. The van der Waals surface area contributed by atoms with E-state index in [1.54, 1.807) is 24.3 Å². The van der Waals surface area contributed by atoms with Gasteiger partial charge in [-0.1, -0.05) is 57.5 Å². The number of carboxylic acids is 1. The summed E-state index contributed by atoms with van der Waals surface area (Å²) in [6, 6.07) is 20.0. The molecule has 3 aliphatic rings. The molecule has 0 bridgehead atoms. The van der Waals surface area contributed by atoms with Gasteiger partial charge in [0.2, 0.25) is 0 Å². The van der Waals surface area contributed by atoms with Crippen molar-refractivity contribution >= 4 is 71.5 Å². The van der Waals surface area contributed by atoms with Gasteiger partial charge in [-0.3, -0.25) is 5.04 Å². The van der Waals surface area contributed by atoms with Crippen LogP contribution in [0.3, 0.4) is 0 Å². The number of hydrogen-bond acceptors (Lipinski definition) is 15. The maximum atomic E-state index is 12.0. The molecular formula is C43H45N2Na3O14S4. The van der Waals surface area contributed by atoms with Gasteiger partial charge >= 0.3 is 105 Å². The predicted octanol–water partition coefficient (Wildman–Crippen LogP) is -3.53. The number of nitrogens with zero attached hydrogens (tertiary/aromatic N) is 2. The summed E-state index contributed by atoms with van der Waals surface area (Å²) in [7, 11) is -12.4. The first-order valence-electron chi connectivity index (χ1n) is 19.6. The Hall–Kier alpha value is -1.77. The van der Waals surface area contributed by atoms with Gasteiger partial charge in [0.1, 0.15) is 22.4 Å². The third-order valence-electron chi connectivity index (χ3n) is 11.2. The molecule has 0 saturated carbocycles. The summed E-state index contributed by atoms with van der Waals surface area (Å²) in [5.74, 6) is -1.10. The van der Waals surface area contributed by atoms with E-state index in [1.165, 1.54) is 18.2 Å². The molecule has 2 aliphatic heterocycles. The van der Waals surface area contributed by atoms with Crippen molar-refractivity contribution in [2.75, 3.05) is 29.5 Å². The van der Waals surface area contributed by atoms with Gasteiger partial charge in [-0.2, -0.15) is 22.5 Å². The molecule has 2 heterocycles. The minimum Gasteiger partial charge on any atom is -0.748 e. The number of allylic oxidation sites excluding steroid dienone is 8. The Morgan fingerprint density at radius 2 is 1.59 bits per heavy atom. The van der Waals surface area contributed by atoms with Crippen LogP contribution in [0.4, 0.5) is 11.4 Å². The normalized spacial score (nSPS) is 17.3. The van der Waals surface area contributed by atoms with Crippen molar-refractivity contribution in [3.63, 3.8) is 0 Å². The van der Waals surface area contributed by atoms with E-state index in [0.29, 0.717) is 42.1 Å². The summed E-state index contributed by atoms with van der Waals surface area (Å²) in [4.78, 5) is 13.3. The minimum absolute atomic E-state index is 0. The monoisotopic (exact) mass is 1010 g/mol. The number of aromatic carboxylic acids is 1. The minimum atomic E-state index is -4.77. The topological polar surface area (TPSA) is 251 Å². The average molecular weight is 1010 g/mol. The molecule has 0 unspecified atom stereocenters. The van der Waals surface area contributed by atoms with Crippen molar-refractivity contribution in [3.05, 3.63) is 130 Å². The van der Waals surface area contributed by atoms with E-state index < -0.39 is 48.0 Å². The molecule has 0 atom stereocenters. The molecule has 3 aromatic rings. The van der Waals surface area contributed by atoms with E-state index in [9.17, 15) is 41.1 Å². The first-order chi connectivity index (χ1) is 29.6. The van der Waals surface area contributed by atoms with Gasteiger partial charge in [-0.25, -0.2) is 26.2 Å². The molecule has 0 aromatic heterocycles. The van der Waals surface area contributed by atoms with Crippen LogP contribution in [-0.2, 0) is 51.0 Å². The van der Waals surface area contributed by atoms with Crippen molar-refractivity contribution in [1.82, 2.24) is 0 Å². The Balaban J connectivity index is 0.00000205. The van der Waals surface area contributed by atoms with Gasteiger partial charge in [0, 0.05) is 64.8 Å². The van der Waals surface area contributed by atoms with Crippen molar-refractivity contribution < 1.29 is 156 Å². The number of carbonyl (C=O) groups is 1. The van der Waals surface area contributed by atoms with Crippen LogP contribution in [0.1, 0.15) is 86.8 Å². The first kappa shape index (κ1) is 60.4. The van der Waals surface area contributed by atoms with Crippen LogP contribution in [0.2, 0.25) is 0 Å². The van der Waals surface area contributed by atoms with Crippen LogP contribution in [0.5, 0.6) is 0 Å². The Bertz CT molecular complexity index is 2750. The Morgan fingerprint density at radius 3 is 2.20 bits per heavy atom. The van der Waals surface area contributed by atoms with Crippen molar-refractivity contribution in [3.8, 4) is 0 Å². The summed E-state index contributed by atoms with van der Waals surface area (Å²) in [6.45, 7) is 8.90. The maximum absolute atomic E-state index is 12.0. The largest absolute Gasteiger partial charge is 1.00 e. The van der Waals surface area contributed by atoms with Gasteiger partial charge in [-0.15, -0.1) is 18.7 Å². The van der Waals surface area contributed by atoms with Crippen LogP contribution < -0.4 is 98.8 Å². The molecule has 0 amide bonds. The van der Waals surface area contributed by atoms with Crippen molar-refractivity contribution in [2.45, 2.75) is 75.5 Å². The first-order valence-corrected chi connectivity index (χ1v) is 24.5. The van der Waals surface area contributed by atoms with Crippen LogP contribution in [0, 0.1) is 6.07 Å². The smallest absolute Gasteiger partial charge is 0.748 e. The van der Waals surface area contributed by atoms with E-state index in [2.05, 4.69) is 46.0 Å². The van der Waals surface area contributed by atoms with Crippen molar-refractivity contribution in [2.24, 2.45) is 0 Å². The fourth-order valence-corrected chi connectivity index (χ4v) is 9.69. The van der Waals surface area contributed by atoms with Gasteiger partial charge in [-0.05, 0) is 89.9 Å². The molecule has 1 aliphatic carbocycles. The zero-order valence-corrected chi connectivity index (χ0v) is 47.0. The predicted molar refractivity (Wildman–Crippen MR) is 230 cm³/mol. The fraction of sp³-hybridized carbons (Fsp3) is 0.349. The average Bonchev–Trinajstić information content (AvgIpc) is 3.55. The number of rotatable bonds is 16. The number of hydrogen-bond donors (Lipinski definition) is 1. The van der Waals surface area contributed by atoms with Gasteiger partial charge in [0.15, 0.2) is 5.71 Å². The molecule has 6 rings (SSSR count). The summed E-state index contributed by atoms with van der Waals surface area (Å²) >= 11 is 0.946. The molecule has 16 nitrogen and oxygen atoms in total. The van der Waals surface area contributed by atoms with Gasteiger partial charge in [0.05, 0.1) is 20.6 Å². The molecule has 1 N–H and O–H groups in total. The Morgan fingerprint density at radius 1 is 0.924 bits per heavy atom. The summed E-state index contributed by atoms with van der Waals surface area (Å²) < 4.78 is 103. The van der Waals surface area contributed by atoms with Crippen LogP contribution in [0.15, 0.2) is 107 Å². The van der Waals surface area contributed by atoms with Gasteiger partial charge in [0.25, 0.3) is 0 Å². The number of carboxylic acid groups (broad SMARTS) is 1. The molecule has 0 saturated heterocycles. The number of fused-ring (bicyclic) bond motifs is 2. The molecule has 338 valence electrons. The van der Waals surface area contributed by atoms with Crippen LogP contribution >= 0.6 is 12.0 Å². The zero-order valence-electron chi connectivity index (χ0n) is 37.7. The SMILES string of the molecule is CC1(C)C(/C=C/C2=C(c3ccc(C(=O)O)cc3)C(=C/C=C3/N(CCCS(=O)(=O)[O-])c4ccc(S(=O)(=O)[O-])cc4C3(C)C)/CCC2)=[N+](CCCSOO[O-])c2cc[c-]cc21.O=S(=O)=O.[Na+].[Na+].[Na+]. The van der Waals surface area contributed by atoms with Crippen LogP contribution in [0.25, 0.3) is 5.57 Å². The Kier molecular flexibility index (Phi) is 23.7. The second-order valence-electron chi connectivity index (χ2n) is 15.9. The third kappa shape index (κ3) is 15.1. The molecular weight excluding hydrogens is 966 g/mol. The summed E-state index contributed by atoms with van der Waals surface area (Å²) in [5, 5.41) is 23.5. The van der Waals surface area contributed by atoms with Gasteiger partial charge < -0.3 is 24.4 Å². The zero-order chi connectivity index (χ0) is 46.3. The van der Waals surface area contributed by atoms with E-state index in [1.807, 2.05) is 49.1 Å². The summed E-state index contributed by atoms with van der Waals surface area (Å²) in [5.41, 5.74) is 7.81. The molecule has 3 aromatic carbocycles. The second kappa shape index (κ2) is 25.9. The summed E-state index contributed by atoms with van der Waals surface area (Å²) in [6.07, 6.45) is 11.1.